The number of pyridine rings is 1. The van der Waals surface area contributed by atoms with Crippen molar-refractivity contribution in [3.63, 3.8) is 0 Å². The quantitative estimate of drug-likeness (QED) is 0.889. The molecule has 1 heterocycles. The molecular formula is C12H14FN3O3. The second-order valence-electron chi connectivity index (χ2n) is 4.61. The average Bonchev–Trinajstić information content (AvgIpc) is 2.27. The summed E-state index contributed by atoms with van der Waals surface area (Å²) in [6, 6.07) is 1.58. The van der Waals surface area contributed by atoms with Crippen molar-refractivity contribution in [2.24, 2.45) is 0 Å². The molecule has 102 valence electrons. The number of hydrogen-bond acceptors (Lipinski definition) is 5. The molecule has 1 aromatic heterocycles. The Labute approximate surface area is 110 Å². The van der Waals surface area contributed by atoms with E-state index >= 15 is 0 Å². The molecule has 1 N–H and O–H groups in total. The van der Waals surface area contributed by atoms with Gasteiger partial charge in [0.25, 0.3) is 0 Å². The van der Waals surface area contributed by atoms with Gasteiger partial charge in [-0.25, -0.2) is 9.78 Å². The minimum atomic E-state index is -0.932. The van der Waals surface area contributed by atoms with Gasteiger partial charge < -0.3 is 9.47 Å². The van der Waals surface area contributed by atoms with Crippen LogP contribution in [-0.2, 0) is 4.74 Å². The molecule has 1 rings (SSSR count). The summed E-state index contributed by atoms with van der Waals surface area (Å²) in [5, 5.41) is 11.0. The maximum absolute atomic E-state index is 13.7. The molecule has 0 unspecified atom stereocenters. The molecule has 1 aromatic rings. The van der Waals surface area contributed by atoms with Crippen molar-refractivity contribution in [3.05, 3.63) is 17.7 Å². The lowest BCUT2D eigenvalue weighted by Gasteiger charge is -2.20. The van der Waals surface area contributed by atoms with Crippen molar-refractivity contribution in [2.45, 2.75) is 26.4 Å². The lowest BCUT2D eigenvalue weighted by atomic mass is 10.2. The van der Waals surface area contributed by atoms with Gasteiger partial charge in [0.1, 0.15) is 17.4 Å². The predicted molar refractivity (Wildman–Crippen MR) is 65.3 cm³/mol. The number of carbonyl (C=O) groups excluding carboxylic acids is 1. The average molecular weight is 267 g/mol. The SMILES string of the molecule is COc1c(NC(=O)OC(C)(C)C)cnc(C#N)c1F. The van der Waals surface area contributed by atoms with Gasteiger partial charge in [-0.3, -0.25) is 5.32 Å². The van der Waals surface area contributed by atoms with E-state index in [4.69, 9.17) is 14.7 Å². The van der Waals surface area contributed by atoms with Gasteiger partial charge in [-0.15, -0.1) is 0 Å². The molecule has 19 heavy (non-hydrogen) atoms. The third-order valence-electron chi connectivity index (χ3n) is 1.92. The van der Waals surface area contributed by atoms with Crippen molar-refractivity contribution >= 4 is 11.8 Å². The summed E-state index contributed by atoms with van der Waals surface area (Å²) in [7, 11) is 1.22. The Morgan fingerprint density at radius 2 is 2.16 bits per heavy atom. The fraction of sp³-hybridized carbons (Fsp3) is 0.417. The molecule has 7 heteroatoms. The first kappa shape index (κ1) is 14.7. The number of nitrogens with one attached hydrogen (secondary N) is 1. The van der Waals surface area contributed by atoms with Gasteiger partial charge >= 0.3 is 6.09 Å². The van der Waals surface area contributed by atoms with Crippen LogP contribution >= 0.6 is 0 Å². The molecule has 0 aliphatic heterocycles. The van der Waals surface area contributed by atoms with Crippen LogP contribution in [0.2, 0.25) is 0 Å². The van der Waals surface area contributed by atoms with E-state index in [0.29, 0.717) is 0 Å². The van der Waals surface area contributed by atoms with Gasteiger partial charge in [0.05, 0.1) is 13.3 Å². The fourth-order valence-electron chi connectivity index (χ4n) is 1.25. The molecule has 0 aliphatic rings. The largest absolute Gasteiger partial charge is 0.491 e. The van der Waals surface area contributed by atoms with Crippen LogP contribution in [0.15, 0.2) is 6.20 Å². The van der Waals surface area contributed by atoms with E-state index in [9.17, 15) is 9.18 Å². The zero-order valence-corrected chi connectivity index (χ0v) is 11.1. The minimum Gasteiger partial charge on any atom is -0.491 e. The zero-order chi connectivity index (χ0) is 14.6. The second kappa shape index (κ2) is 5.52. The van der Waals surface area contributed by atoms with Crippen molar-refractivity contribution in [1.82, 2.24) is 4.98 Å². The number of aromatic nitrogens is 1. The summed E-state index contributed by atoms with van der Waals surface area (Å²) in [5.41, 5.74) is -1.10. The molecular weight excluding hydrogens is 253 g/mol. The van der Waals surface area contributed by atoms with Gasteiger partial charge in [-0.05, 0) is 20.8 Å². The van der Waals surface area contributed by atoms with E-state index in [1.165, 1.54) is 7.11 Å². The van der Waals surface area contributed by atoms with Crippen LogP contribution < -0.4 is 10.1 Å². The Balaban J connectivity index is 3.00. The maximum atomic E-state index is 13.7. The summed E-state index contributed by atoms with van der Waals surface area (Å²) in [5.74, 6) is -1.20. The van der Waals surface area contributed by atoms with E-state index in [-0.39, 0.29) is 11.4 Å². The van der Waals surface area contributed by atoms with E-state index in [0.717, 1.165) is 6.20 Å². The fourth-order valence-corrected chi connectivity index (χ4v) is 1.25. The van der Waals surface area contributed by atoms with Crippen LogP contribution in [0.25, 0.3) is 0 Å². The van der Waals surface area contributed by atoms with Crippen LogP contribution in [0, 0.1) is 17.1 Å². The number of rotatable bonds is 2. The number of hydrogen-bond donors (Lipinski definition) is 1. The molecule has 0 saturated carbocycles. The molecule has 0 bridgehead atoms. The smallest absolute Gasteiger partial charge is 0.412 e. The second-order valence-corrected chi connectivity index (χ2v) is 4.61. The number of halogens is 1. The lowest BCUT2D eigenvalue weighted by Crippen LogP contribution is -2.27. The van der Waals surface area contributed by atoms with Crippen LogP contribution in [-0.4, -0.2) is 23.8 Å². The number of carbonyl (C=O) groups is 1. The van der Waals surface area contributed by atoms with Gasteiger partial charge in [0, 0.05) is 0 Å². The van der Waals surface area contributed by atoms with E-state index in [1.54, 1.807) is 26.8 Å². The molecule has 0 atom stereocenters. The normalized spacial score (nSPS) is 10.5. The molecule has 1 amide bonds. The van der Waals surface area contributed by atoms with Gasteiger partial charge in [0.15, 0.2) is 11.4 Å². The predicted octanol–water partition coefficient (Wildman–Crippen LogP) is 2.45. The number of methoxy groups -OCH3 is 1. The van der Waals surface area contributed by atoms with Crippen molar-refractivity contribution in [2.75, 3.05) is 12.4 Å². The van der Waals surface area contributed by atoms with Crippen LogP contribution in [0.5, 0.6) is 5.75 Å². The Morgan fingerprint density at radius 1 is 1.53 bits per heavy atom. The topological polar surface area (TPSA) is 84.2 Å². The Kier molecular flexibility index (Phi) is 4.27. The van der Waals surface area contributed by atoms with Crippen LogP contribution in [0.1, 0.15) is 26.5 Å². The Hall–Kier alpha value is -2.36. The van der Waals surface area contributed by atoms with Crippen LogP contribution in [0.3, 0.4) is 0 Å². The first-order valence-corrected chi connectivity index (χ1v) is 5.41. The Bertz CT molecular complexity index is 532. The van der Waals surface area contributed by atoms with E-state index < -0.39 is 23.2 Å². The lowest BCUT2D eigenvalue weighted by molar-refractivity contribution is 0.0635. The highest BCUT2D eigenvalue weighted by Gasteiger charge is 2.20. The molecule has 6 nitrogen and oxygen atoms in total. The molecule has 0 aliphatic carbocycles. The monoisotopic (exact) mass is 267 g/mol. The van der Waals surface area contributed by atoms with Gasteiger partial charge in [-0.1, -0.05) is 0 Å². The summed E-state index contributed by atoms with van der Waals surface area (Å²) in [6.07, 6.45) is 0.362. The van der Waals surface area contributed by atoms with Crippen molar-refractivity contribution in [1.29, 1.82) is 5.26 Å². The van der Waals surface area contributed by atoms with Gasteiger partial charge in [0.2, 0.25) is 5.82 Å². The van der Waals surface area contributed by atoms with Crippen molar-refractivity contribution < 1.29 is 18.7 Å². The summed E-state index contributed by atoms with van der Waals surface area (Å²) in [6.45, 7) is 5.09. The van der Waals surface area contributed by atoms with Crippen LogP contribution in [0.4, 0.5) is 14.9 Å². The third kappa shape index (κ3) is 3.81. The number of ether oxygens (including phenoxy) is 2. The Morgan fingerprint density at radius 3 is 2.63 bits per heavy atom. The number of nitriles is 1. The highest BCUT2D eigenvalue weighted by Crippen LogP contribution is 2.28. The number of nitrogens with zero attached hydrogens (tertiary/aromatic N) is 2. The van der Waals surface area contributed by atoms with E-state index in [1.807, 2.05) is 0 Å². The summed E-state index contributed by atoms with van der Waals surface area (Å²) in [4.78, 5) is 15.1. The van der Waals surface area contributed by atoms with E-state index in [2.05, 4.69) is 10.3 Å². The minimum absolute atomic E-state index is 0.00625. The highest BCUT2D eigenvalue weighted by molar-refractivity contribution is 5.86. The zero-order valence-electron chi connectivity index (χ0n) is 11.1. The molecule has 0 radical (unpaired) electrons. The molecule has 0 aromatic carbocycles. The first-order valence-electron chi connectivity index (χ1n) is 5.41. The molecule has 0 saturated heterocycles. The standard InChI is InChI=1S/C12H14FN3O3/c1-12(2,3)19-11(17)16-8-6-15-7(5-14)9(13)10(8)18-4/h6H,1-4H3,(H,16,17). The first-order chi connectivity index (χ1) is 8.78. The van der Waals surface area contributed by atoms with Crippen molar-refractivity contribution in [3.8, 4) is 11.8 Å². The number of anilines is 1. The number of amides is 1. The molecule has 0 fully saturated rings. The summed E-state index contributed by atoms with van der Waals surface area (Å²) < 4.78 is 23.5. The van der Waals surface area contributed by atoms with Gasteiger partial charge in [-0.2, -0.15) is 9.65 Å². The molecule has 0 spiro atoms. The highest BCUT2D eigenvalue weighted by atomic mass is 19.1. The summed E-state index contributed by atoms with van der Waals surface area (Å²) >= 11 is 0. The maximum Gasteiger partial charge on any atom is 0.412 e. The third-order valence-corrected chi connectivity index (χ3v) is 1.92.